The van der Waals surface area contributed by atoms with Gasteiger partial charge in [-0.3, -0.25) is 4.79 Å². The molecule has 0 aliphatic carbocycles. The van der Waals surface area contributed by atoms with Crippen molar-refractivity contribution >= 4 is 17.6 Å². The number of fused-ring (bicyclic) bond motifs is 2. The number of benzene rings is 2. The topological polar surface area (TPSA) is 88.7 Å². The molecule has 140 valence electrons. The van der Waals surface area contributed by atoms with Gasteiger partial charge < -0.3 is 25.4 Å². The van der Waals surface area contributed by atoms with Crippen molar-refractivity contribution < 1.29 is 19.1 Å². The molecule has 3 N–H and O–H groups in total. The summed E-state index contributed by atoms with van der Waals surface area (Å²) < 4.78 is 10.7. The number of amides is 3. The first-order chi connectivity index (χ1) is 13.0. The highest BCUT2D eigenvalue weighted by Crippen LogP contribution is 2.34. The zero-order chi connectivity index (χ0) is 19.0. The van der Waals surface area contributed by atoms with Gasteiger partial charge in [0.2, 0.25) is 12.7 Å². The number of carbonyl (C=O) groups excluding carboxylic acids is 2. The Kier molecular flexibility index (Phi) is 4.35. The van der Waals surface area contributed by atoms with Crippen LogP contribution in [0.4, 0.5) is 10.5 Å². The second-order valence-corrected chi connectivity index (χ2v) is 6.82. The molecule has 0 unspecified atom stereocenters. The average molecular weight is 367 g/mol. The molecule has 2 aliphatic rings. The Balaban J connectivity index is 1.37. The van der Waals surface area contributed by atoms with Crippen molar-refractivity contribution in [2.24, 2.45) is 0 Å². The van der Waals surface area contributed by atoms with E-state index >= 15 is 0 Å². The SMILES string of the molecule is C[C@H](NC(=O)N[C@H](C)c1ccc2c(c1)OCO2)c1ccc2c(c1)CC(=O)N2. The molecule has 0 spiro atoms. The summed E-state index contributed by atoms with van der Waals surface area (Å²) in [5.41, 5.74) is 3.69. The number of urea groups is 1. The maximum absolute atomic E-state index is 12.4. The van der Waals surface area contributed by atoms with E-state index in [2.05, 4.69) is 16.0 Å². The maximum atomic E-state index is 12.4. The van der Waals surface area contributed by atoms with Crippen LogP contribution < -0.4 is 25.4 Å². The van der Waals surface area contributed by atoms with Gasteiger partial charge in [0.1, 0.15) is 0 Å². The van der Waals surface area contributed by atoms with Crippen molar-refractivity contribution in [2.45, 2.75) is 32.4 Å². The number of anilines is 1. The van der Waals surface area contributed by atoms with Crippen molar-refractivity contribution in [1.82, 2.24) is 10.6 Å². The fraction of sp³-hybridized carbons (Fsp3) is 0.300. The third-order valence-electron chi connectivity index (χ3n) is 4.85. The minimum Gasteiger partial charge on any atom is -0.454 e. The maximum Gasteiger partial charge on any atom is 0.315 e. The number of hydrogen-bond donors (Lipinski definition) is 3. The molecule has 2 atom stereocenters. The van der Waals surface area contributed by atoms with Crippen LogP contribution in [0.3, 0.4) is 0 Å². The fourth-order valence-electron chi connectivity index (χ4n) is 3.30. The summed E-state index contributed by atoms with van der Waals surface area (Å²) in [4.78, 5) is 23.9. The summed E-state index contributed by atoms with van der Waals surface area (Å²) in [6.45, 7) is 4.05. The molecule has 7 nitrogen and oxygen atoms in total. The molecular formula is C20H21N3O4. The van der Waals surface area contributed by atoms with Gasteiger partial charge in [-0.05, 0) is 48.7 Å². The van der Waals surface area contributed by atoms with Gasteiger partial charge in [-0.25, -0.2) is 4.79 Å². The summed E-state index contributed by atoms with van der Waals surface area (Å²) >= 11 is 0. The highest BCUT2D eigenvalue weighted by atomic mass is 16.7. The molecule has 2 heterocycles. The summed E-state index contributed by atoms with van der Waals surface area (Å²) in [6.07, 6.45) is 0.378. The van der Waals surface area contributed by atoms with Gasteiger partial charge >= 0.3 is 6.03 Å². The van der Waals surface area contributed by atoms with Crippen LogP contribution in [-0.2, 0) is 11.2 Å². The molecule has 0 saturated carbocycles. The molecule has 2 aromatic rings. The fourth-order valence-corrected chi connectivity index (χ4v) is 3.30. The zero-order valence-corrected chi connectivity index (χ0v) is 15.2. The lowest BCUT2D eigenvalue weighted by Gasteiger charge is -2.19. The Hall–Kier alpha value is -3.22. The predicted octanol–water partition coefficient (Wildman–Crippen LogP) is 3.03. The average Bonchev–Trinajstić information content (AvgIpc) is 3.24. The van der Waals surface area contributed by atoms with E-state index in [4.69, 9.17) is 9.47 Å². The highest BCUT2D eigenvalue weighted by molar-refractivity contribution is 5.99. The lowest BCUT2D eigenvalue weighted by atomic mass is 10.0. The summed E-state index contributed by atoms with van der Waals surface area (Å²) in [5, 5.41) is 8.68. The predicted molar refractivity (Wildman–Crippen MR) is 99.8 cm³/mol. The largest absolute Gasteiger partial charge is 0.454 e. The molecule has 0 fully saturated rings. The van der Waals surface area contributed by atoms with Gasteiger partial charge in [0.15, 0.2) is 11.5 Å². The van der Waals surface area contributed by atoms with Crippen LogP contribution >= 0.6 is 0 Å². The van der Waals surface area contributed by atoms with Gasteiger partial charge in [0.25, 0.3) is 0 Å². The summed E-state index contributed by atoms with van der Waals surface area (Å²) in [6, 6.07) is 10.7. The van der Waals surface area contributed by atoms with E-state index in [9.17, 15) is 9.59 Å². The number of ether oxygens (including phenoxy) is 2. The number of hydrogen-bond acceptors (Lipinski definition) is 4. The first-order valence-electron chi connectivity index (χ1n) is 8.89. The molecule has 4 rings (SSSR count). The Labute approximate surface area is 157 Å². The Morgan fingerprint density at radius 1 is 1.00 bits per heavy atom. The summed E-state index contributed by atoms with van der Waals surface area (Å²) in [7, 11) is 0. The molecule has 0 bridgehead atoms. The van der Waals surface area contributed by atoms with Crippen molar-refractivity contribution in [2.75, 3.05) is 12.1 Å². The van der Waals surface area contributed by atoms with Crippen LogP contribution in [-0.4, -0.2) is 18.7 Å². The van der Waals surface area contributed by atoms with Crippen LogP contribution in [0.25, 0.3) is 0 Å². The Bertz CT molecular complexity index is 912. The van der Waals surface area contributed by atoms with Crippen LogP contribution in [0.1, 0.15) is 42.6 Å². The van der Waals surface area contributed by atoms with Crippen LogP contribution in [0.2, 0.25) is 0 Å². The van der Waals surface area contributed by atoms with E-state index in [1.807, 2.05) is 50.2 Å². The van der Waals surface area contributed by atoms with E-state index in [1.165, 1.54) is 0 Å². The van der Waals surface area contributed by atoms with Gasteiger partial charge in [-0.15, -0.1) is 0 Å². The first kappa shape index (κ1) is 17.2. The zero-order valence-electron chi connectivity index (χ0n) is 15.2. The lowest BCUT2D eigenvalue weighted by Crippen LogP contribution is -2.38. The number of carbonyl (C=O) groups is 2. The first-order valence-corrected chi connectivity index (χ1v) is 8.89. The van der Waals surface area contributed by atoms with Crippen molar-refractivity contribution in [1.29, 1.82) is 0 Å². The second-order valence-electron chi connectivity index (χ2n) is 6.82. The normalized spacial score (nSPS) is 16.3. The standard InChI is InChI=1S/C20H21N3O4/c1-11(13-3-5-16-15(7-13)9-19(24)23-16)21-20(25)22-12(2)14-4-6-17-18(8-14)27-10-26-17/h3-8,11-12H,9-10H2,1-2H3,(H,23,24)(H2,21,22,25)/t11-,12+/m0/s1. The van der Waals surface area contributed by atoms with E-state index in [0.29, 0.717) is 17.9 Å². The van der Waals surface area contributed by atoms with Gasteiger partial charge in [0, 0.05) is 5.69 Å². The molecule has 7 heteroatoms. The second kappa shape index (κ2) is 6.83. The molecule has 0 aromatic heterocycles. The number of rotatable bonds is 4. The van der Waals surface area contributed by atoms with Gasteiger partial charge in [-0.2, -0.15) is 0 Å². The van der Waals surface area contributed by atoms with E-state index in [1.54, 1.807) is 0 Å². The van der Waals surface area contributed by atoms with E-state index in [-0.39, 0.29) is 30.8 Å². The van der Waals surface area contributed by atoms with Gasteiger partial charge in [0.05, 0.1) is 18.5 Å². The van der Waals surface area contributed by atoms with Crippen molar-refractivity contribution in [3.05, 3.63) is 53.1 Å². The third-order valence-corrected chi connectivity index (χ3v) is 4.85. The quantitative estimate of drug-likeness (QED) is 0.775. The minimum atomic E-state index is -0.262. The van der Waals surface area contributed by atoms with Crippen LogP contribution in [0.5, 0.6) is 11.5 Å². The number of nitrogens with one attached hydrogen (secondary N) is 3. The van der Waals surface area contributed by atoms with E-state index < -0.39 is 0 Å². The lowest BCUT2D eigenvalue weighted by molar-refractivity contribution is -0.115. The Morgan fingerprint density at radius 2 is 1.67 bits per heavy atom. The van der Waals surface area contributed by atoms with Crippen LogP contribution in [0.15, 0.2) is 36.4 Å². The summed E-state index contributed by atoms with van der Waals surface area (Å²) in [5.74, 6) is 1.41. The Morgan fingerprint density at radius 3 is 2.44 bits per heavy atom. The molecule has 2 aromatic carbocycles. The van der Waals surface area contributed by atoms with E-state index in [0.717, 1.165) is 22.4 Å². The highest BCUT2D eigenvalue weighted by Gasteiger charge is 2.20. The van der Waals surface area contributed by atoms with Crippen molar-refractivity contribution in [3.8, 4) is 11.5 Å². The molecule has 2 aliphatic heterocycles. The van der Waals surface area contributed by atoms with Crippen molar-refractivity contribution in [3.63, 3.8) is 0 Å². The third kappa shape index (κ3) is 3.53. The molecule has 0 radical (unpaired) electrons. The molecular weight excluding hydrogens is 346 g/mol. The molecule has 27 heavy (non-hydrogen) atoms. The molecule has 0 saturated heterocycles. The smallest absolute Gasteiger partial charge is 0.315 e. The minimum absolute atomic E-state index is 0.00180. The van der Waals surface area contributed by atoms with Gasteiger partial charge in [-0.1, -0.05) is 18.2 Å². The molecule has 3 amide bonds. The monoisotopic (exact) mass is 367 g/mol. The van der Waals surface area contributed by atoms with Crippen LogP contribution in [0, 0.1) is 0 Å².